The number of rotatable bonds is 2. The average Bonchev–Trinajstić information content (AvgIpc) is 2.56. The molecular formula is C16H23ClO. The Morgan fingerprint density at radius 1 is 1.11 bits per heavy atom. The van der Waals surface area contributed by atoms with Crippen molar-refractivity contribution in [2.24, 2.45) is 11.8 Å². The second-order valence-corrected chi connectivity index (χ2v) is 6.21. The van der Waals surface area contributed by atoms with Crippen molar-refractivity contribution in [3.63, 3.8) is 0 Å². The first-order chi connectivity index (χ1) is 8.41. The first-order valence-corrected chi connectivity index (χ1v) is 7.22. The van der Waals surface area contributed by atoms with E-state index in [1.807, 2.05) is 0 Å². The van der Waals surface area contributed by atoms with Gasteiger partial charge < -0.3 is 4.74 Å². The van der Waals surface area contributed by atoms with E-state index in [1.54, 1.807) is 0 Å². The monoisotopic (exact) mass is 266 g/mol. The molecule has 1 aromatic carbocycles. The molecular weight excluding hydrogens is 244 g/mol. The molecule has 0 aromatic heterocycles. The fraction of sp³-hybridized carbons (Fsp3) is 0.625. The molecule has 2 rings (SSSR count). The van der Waals surface area contributed by atoms with Gasteiger partial charge in [-0.2, -0.15) is 0 Å². The van der Waals surface area contributed by atoms with Gasteiger partial charge >= 0.3 is 0 Å². The Balaban J connectivity index is 2.30. The van der Waals surface area contributed by atoms with Crippen molar-refractivity contribution in [2.45, 2.75) is 52.2 Å². The normalized spacial score (nSPS) is 33.7. The third-order valence-electron chi connectivity index (χ3n) is 4.39. The molecule has 2 heteroatoms. The first-order valence-electron chi connectivity index (χ1n) is 6.78. The van der Waals surface area contributed by atoms with Crippen molar-refractivity contribution in [1.29, 1.82) is 0 Å². The highest BCUT2D eigenvalue weighted by Crippen LogP contribution is 2.44. The van der Waals surface area contributed by atoms with Gasteiger partial charge in [0.1, 0.15) is 0 Å². The zero-order chi connectivity index (χ0) is 13.4. The molecule has 1 fully saturated rings. The molecule has 0 amide bonds. The highest BCUT2D eigenvalue weighted by Gasteiger charge is 2.41. The zero-order valence-corrected chi connectivity index (χ0v) is 12.7. The highest BCUT2D eigenvalue weighted by molar-refractivity contribution is 6.21. The van der Waals surface area contributed by atoms with E-state index >= 15 is 0 Å². The van der Waals surface area contributed by atoms with Gasteiger partial charge in [-0.15, -0.1) is 11.6 Å². The van der Waals surface area contributed by atoms with Crippen LogP contribution in [0.1, 0.15) is 42.8 Å². The summed E-state index contributed by atoms with van der Waals surface area (Å²) in [5, 5.41) is 0.0415. The predicted molar refractivity (Wildman–Crippen MR) is 77.2 cm³/mol. The maximum atomic E-state index is 6.76. The van der Waals surface area contributed by atoms with Crippen molar-refractivity contribution in [2.75, 3.05) is 0 Å². The van der Waals surface area contributed by atoms with Crippen LogP contribution in [0, 0.1) is 25.7 Å². The molecule has 5 unspecified atom stereocenters. The van der Waals surface area contributed by atoms with Crippen LogP contribution in [-0.4, -0.2) is 12.2 Å². The lowest BCUT2D eigenvalue weighted by Gasteiger charge is -2.25. The number of hydrogen-bond acceptors (Lipinski definition) is 1. The molecule has 1 aliphatic heterocycles. The van der Waals surface area contributed by atoms with E-state index < -0.39 is 0 Å². The van der Waals surface area contributed by atoms with E-state index in [4.69, 9.17) is 16.3 Å². The lowest BCUT2D eigenvalue weighted by molar-refractivity contribution is 0.0508. The van der Waals surface area contributed by atoms with Gasteiger partial charge in [0.15, 0.2) is 0 Å². The molecule has 0 N–H and O–H groups in total. The highest BCUT2D eigenvalue weighted by atomic mass is 35.5. The summed E-state index contributed by atoms with van der Waals surface area (Å²) < 4.78 is 5.91. The summed E-state index contributed by atoms with van der Waals surface area (Å²) in [7, 11) is 0. The summed E-state index contributed by atoms with van der Waals surface area (Å²) in [6, 6.07) is 6.52. The molecule has 0 bridgehead atoms. The smallest absolute Gasteiger partial charge is 0.0644 e. The standard InChI is InChI=1S/C16H23ClO/c1-9-6-7-10(2)14(8-9)16(17)15-11(3)12(4)18-13(15)5/h6-8,11-13,15-16H,1-5H3. The zero-order valence-electron chi connectivity index (χ0n) is 11.9. The SMILES string of the molecule is Cc1ccc(C)c(C(Cl)C2C(C)OC(C)C2C)c1. The van der Waals surface area contributed by atoms with E-state index in [9.17, 15) is 0 Å². The van der Waals surface area contributed by atoms with Crippen molar-refractivity contribution < 1.29 is 4.74 Å². The summed E-state index contributed by atoms with van der Waals surface area (Å²) >= 11 is 6.76. The number of ether oxygens (including phenoxy) is 1. The van der Waals surface area contributed by atoms with Gasteiger partial charge in [0.25, 0.3) is 0 Å². The molecule has 1 heterocycles. The van der Waals surface area contributed by atoms with Gasteiger partial charge in [-0.05, 0) is 44.7 Å². The van der Waals surface area contributed by atoms with Gasteiger partial charge in [-0.3, -0.25) is 0 Å². The van der Waals surface area contributed by atoms with Crippen LogP contribution < -0.4 is 0 Å². The van der Waals surface area contributed by atoms with Gasteiger partial charge in [0.05, 0.1) is 17.6 Å². The molecule has 1 saturated heterocycles. The third kappa shape index (κ3) is 2.44. The van der Waals surface area contributed by atoms with Crippen LogP contribution in [0.3, 0.4) is 0 Å². The summed E-state index contributed by atoms with van der Waals surface area (Å²) in [4.78, 5) is 0. The number of aryl methyl sites for hydroxylation is 2. The Hall–Kier alpha value is -0.530. The van der Waals surface area contributed by atoms with Crippen LogP contribution in [0.15, 0.2) is 18.2 Å². The molecule has 1 aromatic rings. The molecule has 1 nitrogen and oxygen atoms in total. The van der Waals surface area contributed by atoms with Crippen molar-refractivity contribution in [3.8, 4) is 0 Å². The topological polar surface area (TPSA) is 9.23 Å². The van der Waals surface area contributed by atoms with E-state index in [1.165, 1.54) is 16.7 Å². The maximum absolute atomic E-state index is 6.76. The molecule has 0 aliphatic carbocycles. The molecule has 1 aliphatic rings. The van der Waals surface area contributed by atoms with Gasteiger partial charge in [0, 0.05) is 5.92 Å². The average molecular weight is 267 g/mol. The third-order valence-corrected chi connectivity index (χ3v) is 4.91. The van der Waals surface area contributed by atoms with E-state index in [2.05, 4.69) is 52.8 Å². The second kappa shape index (κ2) is 5.22. The van der Waals surface area contributed by atoms with Crippen molar-refractivity contribution in [1.82, 2.24) is 0 Å². The van der Waals surface area contributed by atoms with E-state index in [0.717, 1.165) is 0 Å². The largest absolute Gasteiger partial charge is 0.375 e. The minimum atomic E-state index is 0.0415. The van der Waals surface area contributed by atoms with Crippen LogP contribution in [0.4, 0.5) is 0 Å². The fourth-order valence-electron chi connectivity index (χ4n) is 3.06. The Bertz CT molecular complexity index is 429. The Kier molecular flexibility index (Phi) is 4.03. The van der Waals surface area contributed by atoms with Crippen LogP contribution in [0.25, 0.3) is 0 Å². The first kappa shape index (κ1) is 13.9. The second-order valence-electron chi connectivity index (χ2n) is 5.74. The Labute approximate surface area is 115 Å². The quantitative estimate of drug-likeness (QED) is 0.709. The van der Waals surface area contributed by atoms with E-state index in [-0.39, 0.29) is 11.5 Å². The van der Waals surface area contributed by atoms with Crippen LogP contribution in [0.5, 0.6) is 0 Å². The molecule has 18 heavy (non-hydrogen) atoms. The number of hydrogen-bond donors (Lipinski definition) is 0. The van der Waals surface area contributed by atoms with Gasteiger partial charge in [-0.1, -0.05) is 30.7 Å². The number of halogens is 1. The summed E-state index contributed by atoms with van der Waals surface area (Å²) in [6.45, 7) is 10.8. The van der Waals surface area contributed by atoms with Crippen molar-refractivity contribution >= 4 is 11.6 Å². The summed E-state index contributed by atoms with van der Waals surface area (Å²) in [5.41, 5.74) is 3.81. The molecule has 5 atom stereocenters. The van der Waals surface area contributed by atoms with Gasteiger partial charge in [0.2, 0.25) is 0 Å². The lowest BCUT2D eigenvalue weighted by Crippen LogP contribution is -2.22. The summed E-state index contributed by atoms with van der Waals surface area (Å²) in [5.74, 6) is 0.893. The number of alkyl halides is 1. The Morgan fingerprint density at radius 2 is 1.78 bits per heavy atom. The van der Waals surface area contributed by atoms with Crippen LogP contribution >= 0.6 is 11.6 Å². The predicted octanol–water partition coefficient (Wildman–Crippen LogP) is 4.64. The minimum absolute atomic E-state index is 0.0415. The Morgan fingerprint density at radius 3 is 2.33 bits per heavy atom. The molecule has 0 spiro atoms. The minimum Gasteiger partial charge on any atom is -0.375 e. The van der Waals surface area contributed by atoms with Crippen LogP contribution in [-0.2, 0) is 4.74 Å². The molecule has 0 saturated carbocycles. The molecule has 0 radical (unpaired) electrons. The maximum Gasteiger partial charge on any atom is 0.0644 e. The summed E-state index contributed by atoms with van der Waals surface area (Å²) in [6.07, 6.45) is 0.536. The van der Waals surface area contributed by atoms with Gasteiger partial charge in [-0.25, -0.2) is 0 Å². The lowest BCUT2D eigenvalue weighted by atomic mass is 9.83. The van der Waals surface area contributed by atoms with Crippen LogP contribution in [0.2, 0.25) is 0 Å². The number of benzene rings is 1. The fourth-order valence-corrected chi connectivity index (χ4v) is 3.73. The molecule has 100 valence electrons. The van der Waals surface area contributed by atoms with E-state index in [0.29, 0.717) is 17.9 Å². The van der Waals surface area contributed by atoms with Crippen molar-refractivity contribution in [3.05, 3.63) is 34.9 Å².